The molecule has 0 radical (unpaired) electrons. The van der Waals surface area contributed by atoms with E-state index in [1.54, 1.807) is 0 Å². The van der Waals surface area contributed by atoms with Crippen LogP contribution in [0.4, 0.5) is 0 Å². The molecule has 3 nitrogen and oxygen atoms in total. The maximum atomic E-state index is 12.7. The van der Waals surface area contributed by atoms with E-state index >= 15 is 0 Å². The van der Waals surface area contributed by atoms with Crippen LogP contribution in [0.25, 0.3) is 0 Å². The number of rotatable bonds is 2. The third kappa shape index (κ3) is 2.99. The van der Waals surface area contributed by atoms with Gasteiger partial charge in [0, 0.05) is 11.8 Å². The average Bonchev–Trinajstić information content (AvgIpc) is 3.04. The SMILES string of the molecule is C[C@H]1C[C@@]2(C)[C@@H](CC[C@@H]3[C@@H]2CC[C@]2(C)C(=O)CC[C@@H]32)C[C@@H]1OC(=O)c1ccccc1. The first kappa shape index (κ1) is 20.3. The van der Waals surface area contributed by atoms with Crippen molar-refractivity contribution in [2.75, 3.05) is 0 Å². The largest absolute Gasteiger partial charge is 0.458 e. The highest BCUT2D eigenvalue weighted by Gasteiger charge is 2.61. The second kappa shape index (κ2) is 7.21. The van der Waals surface area contributed by atoms with Crippen molar-refractivity contribution in [1.29, 1.82) is 0 Å². The zero-order valence-electron chi connectivity index (χ0n) is 18.7. The lowest BCUT2D eigenvalue weighted by Crippen LogP contribution is -2.55. The summed E-state index contributed by atoms with van der Waals surface area (Å²) in [6.45, 7) is 7.07. The molecule has 0 amide bonds. The molecular weight excluding hydrogens is 372 g/mol. The minimum Gasteiger partial charge on any atom is -0.458 e. The number of ether oxygens (including phenoxy) is 1. The minimum atomic E-state index is -0.178. The Morgan fingerprint density at radius 3 is 2.57 bits per heavy atom. The van der Waals surface area contributed by atoms with E-state index in [-0.39, 0.29) is 17.5 Å². The topological polar surface area (TPSA) is 43.4 Å². The van der Waals surface area contributed by atoms with Gasteiger partial charge in [-0.2, -0.15) is 0 Å². The predicted octanol–water partition coefficient (Wildman–Crippen LogP) is 6.07. The average molecular weight is 409 g/mol. The molecule has 1 aromatic rings. The minimum absolute atomic E-state index is 0.0224. The van der Waals surface area contributed by atoms with Crippen molar-refractivity contribution in [3.05, 3.63) is 35.9 Å². The Hall–Kier alpha value is -1.64. The van der Waals surface area contributed by atoms with Crippen LogP contribution in [0, 0.1) is 40.4 Å². The van der Waals surface area contributed by atoms with Gasteiger partial charge in [0.15, 0.2) is 0 Å². The molecule has 8 atom stereocenters. The Morgan fingerprint density at radius 1 is 1.03 bits per heavy atom. The van der Waals surface area contributed by atoms with Crippen molar-refractivity contribution in [3.8, 4) is 0 Å². The molecule has 0 spiro atoms. The fourth-order valence-electron chi connectivity index (χ4n) is 8.29. The number of carbonyl (C=O) groups excluding carboxylic acids is 2. The number of ketones is 1. The molecule has 0 unspecified atom stereocenters. The Kier molecular flexibility index (Phi) is 4.87. The molecule has 0 aliphatic heterocycles. The quantitative estimate of drug-likeness (QED) is 0.558. The Bertz CT molecular complexity index is 832. The monoisotopic (exact) mass is 408 g/mol. The van der Waals surface area contributed by atoms with E-state index in [0.29, 0.717) is 40.4 Å². The van der Waals surface area contributed by atoms with E-state index in [0.717, 1.165) is 38.0 Å². The number of Topliss-reactive ketones (excluding diaryl/α,β-unsaturated/α-hetero) is 1. The standard InChI is InChI=1S/C27H36O3/c1-17-16-27(3)19(15-23(17)30-25(29)18-7-5-4-6-8-18)9-10-20-21-11-12-24(28)26(21,2)14-13-22(20)27/h4-8,17,19-23H,9-16H2,1-3H3/t17-,19-,20-,21-,22-,23-,26-,27-/m0/s1. The molecule has 1 aromatic carbocycles. The van der Waals surface area contributed by atoms with E-state index in [9.17, 15) is 9.59 Å². The van der Waals surface area contributed by atoms with E-state index in [1.807, 2.05) is 30.3 Å². The summed E-state index contributed by atoms with van der Waals surface area (Å²) >= 11 is 0. The van der Waals surface area contributed by atoms with E-state index in [2.05, 4.69) is 20.8 Å². The van der Waals surface area contributed by atoms with Crippen LogP contribution in [0.15, 0.2) is 30.3 Å². The number of esters is 1. The maximum Gasteiger partial charge on any atom is 0.338 e. The third-order valence-corrected chi connectivity index (χ3v) is 9.96. The van der Waals surface area contributed by atoms with Crippen LogP contribution in [-0.4, -0.2) is 17.9 Å². The summed E-state index contributed by atoms with van der Waals surface area (Å²) in [5.41, 5.74) is 0.933. The van der Waals surface area contributed by atoms with Gasteiger partial charge in [0.25, 0.3) is 0 Å². The number of benzene rings is 1. The maximum absolute atomic E-state index is 12.7. The first-order valence-electron chi connectivity index (χ1n) is 12.1. The van der Waals surface area contributed by atoms with E-state index < -0.39 is 0 Å². The molecule has 30 heavy (non-hydrogen) atoms. The van der Waals surface area contributed by atoms with Crippen LogP contribution < -0.4 is 0 Å². The van der Waals surface area contributed by atoms with Gasteiger partial charge in [-0.25, -0.2) is 4.79 Å². The van der Waals surface area contributed by atoms with Crippen LogP contribution >= 0.6 is 0 Å². The molecule has 0 bridgehead atoms. The highest BCUT2D eigenvalue weighted by atomic mass is 16.5. The van der Waals surface area contributed by atoms with Crippen molar-refractivity contribution in [3.63, 3.8) is 0 Å². The molecule has 4 aliphatic rings. The number of hydrogen-bond donors (Lipinski definition) is 0. The van der Waals surface area contributed by atoms with Gasteiger partial charge in [-0.3, -0.25) is 4.79 Å². The predicted molar refractivity (Wildman–Crippen MR) is 117 cm³/mol. The van der Waals surface area contributed by atoms with Gasteiger partial charge in [-0.15, -0.1) is 0 Å². The zero-order chi connectivity index (χ0) is 21.1. The summed E-state index contributed by atoms with van der Waals surface area (Å²) < 4.78 is 6.04. The fraction of sp³-hybridized carbons (Fsp3) is 0.704. The smallest absolute Gasteiger partial charge is 0.338 e. The summed E-state index contributed by atoms with van der Waals surface area (Å²) in [5, 5.41) is 0. The summed E-state index contributed by atoms with van der Waals surface area (Å²) in [6.07, 6.45) is 8.86. The zero-order valence-corrected chi connectivity index (χ0v) is 18.7. The molecule has 4 fully saturated rings. The molecule has 4 aliphatic carbocycles. The van der Waals surface area contributed by atoms with Crippen molar-refractivity contribution in [2.24, 2.45) is 40.4 Å². The van der Waals surface area contributed by atoms with Gasteiger partial charge in [0.2, 0.25) is 0 Å². The first-order chi connectivity index (χ1) is 14.3. The van der Waals surface area contributed by atoms with Crippen LogP contribution in [0.3, 0.4) is 0 Å². The number of carbonyl (C=O) groups is 2. The van der Waals surface area contributed by atoms with Gasteiger partial charge in [-0.1, -0.05) is 39.0 Å². The Balaban J connectivity index is 1.33. The van der Waals surface area contributed by atoms with Gasteiger partial charge < -0.3 is 4.74 Å². The van der Waals surface area contributed by atoms with Crippen LogP contribution in [-0.2, 0) is 9.53 Å². The molecule has 162 valence electrons. The van der Waals surface area contributed by atoms with Gasteiger partial charge >= 0.3 is 5.97 Å². The second-order valence-corrected chi connectivity index (χ2v) is 11.3. The Labute approximate surface area is 181 Å². The normalized spacial score (nSPS) is 45.2. The van der Waals surface area contributed by atoms with Crippen molar-refractivity contribution >= 4 is 11.8 Å². The molecule has 0 saturated heterocycles. The molecule has 0 heterocycles. The third-order valence-electron chi connectivity index (χ3n) is 9.96. The van der Waals surface area contributed by atoms with Gasteiger partial charge in [0.05, 0.1) is 5.56 Å². The molecule has 0 N–H and O–H groups in total. The summed E-state index contributed by atoms with van der Waals surface area (Å²) in [6, 6.07) is 9.39. The van der Waals surface area contributed by atoms with Gasteiger partial charge in [-0.05, 0) is 92.1 Å². The highest BCUT2D eigenvalue weighted by molar-refractivity contribution is 5.89. The Morgan fingerprint density at radius 2 is 1.80 bits per heavy atom. The van der Waals surface area contributed by atoms with Crippen LogP contribution in [0.2, 0.25) is 0 Å². The lowest BCUT2D eigenvalue weighted by atomic mass is 9.44. The van der Waals surface area contributed by atoms with Crippen LogP contribution in [0.1, 0.15) is 82.5 Å². The summed E-state index contributed by atoms with van der Waals surface area (Å²) in [7, 11) is 0. The highest BCUT2D eigenvalue weighted by Crippen LogP contribution is 2.66. The first-order valence-corrected chi connectivity index (χ1v) is 12.1. The van der Waals surface area contributed by atoms with Crippen molar-refractivity contribution in [2.45, 2.75) is 78.2 Å². The fourth-order valence-corrected chi connectivity index (χ4v) is 8.29. The lowest BCUT2D eigenvalue weighted by molar-refractivity contribution is -0.148. The molecule has 4 saturated carbocycles. The van der Waals surface area contributed by atoms with Crippen molar-refractivity contribution < 1.29 is 14.3 Å². The van der Waals surface area contributed by atoms with E-state index in [4.69, 9.17) is 4.74 Å². The van der Waals surface area contributed by atoms with Crippen LogP contribution in [0.5, 0.6) is 0 Å². The van der Waals surface area contributed by atoms with Crippen molar-refractivity contribution in [1.82, 2.24) is 0 Å². The summed E-state index contributed by atoms with van der Waals surface area (Å²) in [4.78, 5) is 25.3. The van der Waals surface area contributed by atoms with Gasteiger partial charge in [0.1, 0.15) is 11.9 Å². The molecular formula is C27H36O3. The second-order valence-electron chi connectivity index (χ2n) is 11.3. The number of hydrogen-bond acceptors (Lipinski definition) is 3. The lowest BCUT2D eigenvalue weighted by Gasteiger charge is -2.61. The molecule has 3 heteroatoms. The molecule has 5 rings (SSSR count). The molecule has 0 aromatic heterocycles. The van der Waals surface area contributed by atoms with E-state index in [1.165, 1.54) is 19.3 Å². The summed E-state index contributed by atoms with van der Waals surface area (Å²) in [5.74, 6) is 3.41. The number of fused-ring (bicyclic) bond motifs is 5.